The molecule has 1 atom stereocenters. The molecule has 5 nitrogen and oxygen atoms in total. The third-order valence-electron chi connectivity index (χ3n) is 4.29. The van der Waals surface area contributed by atoms with Gasteiger partial charge in [0.25, 0.3) is 5.91 Å². The molecule has 0 radical (unpaired) electrons. The largest absolute Gasteiger partial charge is 0.492 e. The Morgan fingerprint density at radius 3 is 2.48 bits per heavy atom. The van der Waals surface area contributed by atoms with Gasteiger partial charge >= 0.3 is 6.03 Å². The monoisotopic (exact) mass is 358 g/mol. The summed E-state index contributed by atoms with van der Waals surface area (Å²) < 4.78 is 5.62. The number of rotatable bonds is 5. The first-order valence-corrected chi connectivity index (χ1v) is 8.38. The van der Waals surface area contributed by atoms with Crippen molar-refractivity contribution in [2.75, 3.05) is 13.2 Å². The summed E-state index contributed by atoms with van der Waals surface area (Å²) >= 11 is 6.21. The molecule has 25 heavy (non-hydrogen) atoms. The van der Waals surface area contributed by atoms with Gasteiger partial charge in [0.2, 0.25) is 0 Å². The highest BCUT2D eigenvalue weighted by Gasteiger charge is 2.49. The van der Waals surface area contributed by atoms with Crippen LogP contribution in [-0.4, -0.2) is 30.0 Å². The van der Waals surface area contributed by atoms with Crippen LogP contribution in [0.3, 0.4) is 0 Å². The standard InChI is InChI=1S/C19H19ClN2O3/c1-13-7-9-14(10-8-13)25-12-11-22-17(23)19(2,21-18(22)24)15-5-3-4-6-16(15)20/h3-10H,11-12H2,1-2H3,(H,21,24)/t19-/m0/s1. The van der Waals surface area contributed by atoms with E-state index in [1.165, 1.54) is 0 Å². The van der Waals surface area contributed by atoms with Gasteiger partial charge in [-0.3, -0.25) is 9.69 Å². The number of nitrogens with zero attached hydrogens (tertiary/aromatic N) is 1. The summed E-state index contributed by atoms with van der Waals surface area (Å²) in [5.74, 6) is 0.365. The highest BCUT2D eigenvalue weighted by Crippen LogP contribution is 2.33. The zero-order chi connectivity index (χ0) is 18.0. The molecule has 3 rings (SSSR count). The number of ether oxygens (including phenoxy) is 1. The van der Waals surface area contributed by atoms with E-state index in [0.717, 1.165) is 10.5 Å². The molecule has 0 saturated carbocycles. The van der Waals surface area contributed by atoms with Gasteiger partial charge in [0.05, 0.1) is 6.54 Å². The Bertz CT molecular complexity index is 807. The van der Waals surface area contributed by atoms with Crippen LogP contribution < -0.4 is 10.1 Å². The molecule has 1 aliphatic rings. The van der Waals surface area contributed by atoms with Gasteiger partial charge in [-0.1, -0.05) is 47.5 Å². The van der Waals surface area contributed by atoms with E-state index in [2.05, 4.69) is 5.32 Å². The second-order valence-electron chi connectivity index (χ2n) is 6.15. The second-order valence-corrected chi connectivity index (χ2v) is 6.56. The molecule has 130 valence electrons. The molecule has 2 aromatic carbocycles. The molecule has 0 aromatic heterocycles. The van der Waals surface area contributed by atoms with Crippen molar-refractivity contribution in [1.82, 2.24) is 10.2 Å². The molecule has 1 heterocycles. The zero-order valence-electron chi connectivity index (χ0n) is 14.1. The molecule has 0 bridgehead atoms. The van der Waals surface area contributed by atoms with Crippen molar-refractivity contribution in [2.24, 2.45) is 0 Å². The van der Waals surface area contributed by atoms with Crippen molar-refractivity contribution >= 4 is 23.5 Å². The van der Waals surface area contributed by atoms with Crippen LogP contribution in [0.4, 0.5) is 4.79 Å². The van der Waals surface area contributed by atoms with Crippen LogP contribution in [0, 0.1) is 6.92 Å². The summed E-state index contributed by atoms with van der Waals surface area (Å²) in [7, 11) is 0. The molecule has 3 amide bonds. The van der Waals surface area contributed by atoms with E-state index in [1.807, 2.05) is 31.2 Å². The first-order valence-electron chi connectivity index (χ1n) is 8.00. The van der Waals surface area contributed by atoms with Crippen molar-refractivity contribution in [1.29, 1.82) is 0 Å². The van der Waals surface area contributed by atoms with E-state index in [9.17, 15) is 9.59 Å². The number of urea groups is 1. The van der Waals surface area contributed by atoms with Crippen LogP contribution in [0.5, 0.6) is 5.75 Å². The molecule has 1 aliphatic heterocycles. The molecular weight excluding hydrogens is 340 g/mol. The van der Waals surface area contributed by atoms with Crippen molar-refractivity contribution < 1.29 is 14.3 Å². The predicted octanol–water partition coefficient (Wildman–Crippen LogP) is 3.49. The average Bonchev–Trinajstić information content (AvgIpc) is 2.81. The normalized spacial score (nSPS) is 19.9. The minimum absolute atomic E-state index is 0.165. The Hall–Kier alpha value is -2.53. The average molecular weight is 359 g/mol. The van der Waals surface area contributed by atoms with Crippen LogP contribution in [0.15, 0.2) is 48.5 Å². The lowest BCUT2D eigenvalue weighted by molar-refractivity contribution is -0.131. The first-order chi connectivity index (χ1) is 11.9. The van der Waals surface area contributed by atoms with Crippen molar-refractivity contribution in [3.63, 3.8) is 0 Å². The number of nitrogens with one attached hydrogen (secondary N) is 1. The summed E-state index contributed by atoms with van der Waals surface area (Å²) in [5.41, 5.74) is 0.549. The van der Waals surface area contributed by atoms with Crippen LogP contribution >= 0.6 is 11.6 Å². The minimum Gasteiger partial charge on any atom is -0.492 e. The van der Waals surface area contributed by atoms with E-state index in [4.69, 9.17) is 16.3 Å². The van der Waals surface area contributed by atoms with Gasteiger partial charge in [0.1, 0.15) is 17.9 Å². The Morgan fingerprint density at radius 1 is 1.12 bits per heavy atom. The Kier molecular flexibility index (Phi) is 4.68. The number of imide groups is 1. The molecule has 2 aromatic rings. The smallest absolute Gasteiger partial charge is 0.325 e. The number of hydrogen-bond acceptors (Lipinski definition) is 3. The molecular formula is C19H19ClN2O3. The quantitative estimate of drug-likeness (QED) is 0.832. The fourth-order valence-corrected chi connectivity index (χ4v) is 3.16. The zero-order valence-corrected chi connectivity index (χ0v) is 14.8. The number of carbonyl (C=O) groups is 2. The van der Waals surface area contributed by atoms with E-state index in [0.29, 0.717) is 16.3 Å². The van der Waals surface area contributed by atoms with Gasteiger partial charge in [0, 0.05) is 10.6 Å². The fraction of sp³-hybridized carbons (Fsp3) is 0.263. The lowest BCUT2D eigenvalue weighted by atomic mass is 9.92. The molecule has 1 N–H and O–H groups in total. The van der Waals surface area contributed by atoms with E-state index in [1.54, 1.807) is 31.2 Å². The number of carbonyl (C=O) groups excluding carboxylic acids is 2. The number of hydrogen-bond donors (Lipinski definition) is 1. The van der Waals surface area contributed by atoms with Crippen LogP contribution in [0.25, 0.3) is 0 Å². The maximum Gasteiger partial charge on any atom is 0.325 e. The number of amides is 3. The first kappa shape index (κ1) is 17.3. The maximum absolute atomic E-state index is 12.8. The lowest BCUT2D eigenvalue weighted by Gasteiger charge is -2.23. The summed E-state index contributed by atoms with van der Waals surface area (Å²) in [6, 6.07) is 14.2. The van der Waals surface area contributed by atoms with Crippen LogP contribution in [0.2, 0.25) is 5.02 Å². The predicted molar refractivity (Wildman–Crippen MR) is 95.7 cm³/mol. The third-order valence-corrected chi connectivity index (χ3v) is 4.62. The number of aryl methyl sites for hydroxylation is 1. The highest BCUT2D eigenvalue weighted by molar-refractivity contribution is 6.32. The fourth-order valence-electron chi connectivity index (χ4n) is 2.84. The molecule has 6 heteroatoms. The summed E-state index contributed by atoms with van der Waals surface area (Å²) in [6.45, 7) is 4.04. The third kappa shape index (κ3) is 3.33. The number of benzene rings is 2. The highest BCUT2D eigenvalue weighted by atomic mass is 35.5. The van der Waals surface area contributed by atoms with E-state index in [-0.39, 0.29) is 19.1 Å². The van der Waals surface area contributed by atoms with Gasteiger partial charge in [-0.25, -0.2) is 4.79 Å². The summed E-state index contributed by atoms with van der Waals surface area (Å²) in [4.78, 5) is 26.2. The van der Waals surface area contributed by atoms with Crippen LogP contribution in [0.1, 0.15) is 18.1 Å². The molecule has 1 fully saturated rings. The molecule has 0 spiro atoms. The van der Waals surface area contributed by atoms with Gasteiger partial charge in [-0.2, -0.15) is 0 Å². The van der Waals surface area contributed by atoms with Crippen LogP contribution in [-0.2, 0) is 10.3 Å². The van der Waals surface area contributed by atoms with Crippen molar-refractivity contribution in [3.8, 4) is 5.75 Å². The Morgan fingerprint density at radius 2 is 1.80 bits per heavy atom. The minimum atomic E-state index is -1.17. The lowest BCUT2D eigenvalue weighted by Crippen LogP contribution is -2.41. The van der Waals surface area contributed by atoms with Gasteiger partial charge < -0.3 is 10.1 Å². The van der Waals surface area contributed by atoms with Gasteiger partial charge in [0.15, 0.2) is 0 Å². The SMILES string of the molecule is Cc1ccc(OCCN2C(=O)N[C@@](C)(c3ccccc3Cl)C2=O)cc1. The summed E-state index contributed by atoms with van der Waals surface area (Å²) in [6.07, 6.45) is 0. The molecule has 1 saturated heterocycles. The maximum atomic E-state index is 12.8. The van der Waals surface area contributed by atoms with Crippen molar-refractivity contribution in [2.45, 2.75) is 19.4 Å². The topological polar surface area (TPSA) is 58.6 Å². The number of halogens is 1. The molecule has 0 unspecified atom stereocenters. The van der Waals surface area contributed by atoms with Gasteiger partial charge in [-0.15, -0.1) is 0 Å². The van der Waals surface area contributed by atoms with Gasteiger partial charge in [-0.05, 0) is 32.0 Å². The summed E-state index contributed by atoms with van der Waals surface area (Å²) in [5, 5.41) is 3.18. The second kappa shape index (κ2) is 6.76. The van der Waals surface area contributed by atoms with E-state index >= 15 is 0 Å². The Labute approximate surface area is 151 Å². The Balaban J connectivity index is 1.69. The van der Waals surface area contributed by atoms with Crippen molar-refractivity contribution in [3.05, 3.63) is 64.7 Å². The molecule has 0 aliphatic carbocycles. The van der Waals surface area contributed by atoms with E-state index < -0.39 is 11.6 Å².